The molecule has 0 saturated heterocycles. The molecule has 0 radical (unpaired) electrons. The van der Waals surface area contributed by atoms with E-state index in [2.05, 4.69) is 28.6 Å². The molecular weight excluding hydrogens is 283 g/mol. The van der Waals surface area contributed by atoms with Gasteiger partial charge in [-0.05, 0) is 0 Å². The van der Waals surface area contributed by atoms with Crippen molar-refractivity contribution in [1.82, 2.24) is 0 Å². The summed E-state index contributed by atoms with van der Waals surface area (Å²) in [7, 11) is 0. The van der Waals surface area contributed by atoms with Gasteiger partial charge in [0.15, 0.2) is 0 Å². The van der Waals surface area contributed by atoms with Gasteiger partial charge >= 0.3 is 57.8 Å². The number of carbonyl (C=O) groups is 1. The molecule has 0 unspecified atom stereocenters. The van der Waals surface area contributed by atoms with Gasteiger partial charge in [0.25, 0.3) is 0 Å². The first kappa shape index (κ1) is 7.13. The van der Waals surface area contributed by atoms with Gasteiger partial charge in [-0.2, -0.15) is 0 Å². The Labute approximate surface area is 57.5 Å². The van der Waals surface area contributed by atoms with E-state index in [1.54, 1.807) is 0 Å². The molecule has 0 saturated carbocycles. The van der Waals surface area contributed by atoms with Crippen molar-refractivity contribution in [3.8, 4) is 0 Å². The molecule has 36 valence electrons. The van der Waals surface area contributed by atoms with E-state index < -0.39 is 24.4 Å². The molecule has 0 aliphatic heterocycles. The summed E-state index contributed by atoms with van der Waals surface area (Å²) < 4.78 is 4.37. The Morgan fingerprint density at radius 1 is 2.00 bits per heavy atom. The molecule has 0 N–H and O–H groups in total. The van der Waals surface area contributed by atoms with Crippen molar-refractivity contribution in [2.75, 3.05) is 0 Å². The number of rotatable bonds is 1. The molecule has 5 heteroatoms. The molecule has 0 aromatic heterocycles. The van der Waals surface area contributed by atoms with Crippen molar-refractivity contribution in [3.05, 3.63) is 0 Å². The van der Waals surface area contributed by atoms with Crippen LogP contribution in [0.1, 0.15) is 0 Å². The van der Waals surface area contributed by atoms with Crippen LogP contribution in [0.5, 0.6) is 0 Å². The van der Waals surface area contributed by atoms with Gasteiger partial charge in [0.2, 0.25) is 0 Å². The summed E-state index contributed by atoms with van der Waals surface area (Å²) in [5, 5.41) is -0.474. The first-order valence-electron chi connectivity index (χ1n) is 0.981. The zero-order valence-electron chi connectivity index (χ0n) is 2.62. The number of thiol groups is 1. The van der Waals surface area contributed by atoms with Crippen molar-refractivity contribution in [1.29, 1.82) is 0 Å². The van der Waals surface area contributed by atoms with Gasteiger partial charge in [0.1, 0.15) is 0 Å². The Bertz CT molecular complexity index is 57.5. The fourth-order valence-electron chi connectivity index (χ4n) is 0.0319. The first-order valence-corrected chi connectivity index (χ1v) is 8.56. The minimum atomic E-state index is -0.560. The van der Waals surface area contributed by atoms with Crippen molar-refractivity contribution in [2.24, 2.45) is 0 Å². The maximum atomic E-state index is 9.71. The Kier molecular flexibility index (Phi) is 5.10. The van der Waals surface area contributed by atoms with E-state index in [1.807, 2.05) is 0 Å². The summed E-state index contributed by atoms with van der Waals surface area (Å²) >= 11 is 5.02. The van der Waals surface area contributed by atoms with Crippen LogP contribution in [-0.2, 0) is 3.10 Å². The summed E-state index contributed by atoms with van der Waals surface area (Å²) in [6, 6.07) is 0. The fraction of sp³-hybridized carbons (Fsp3) is 0. The van der Waals surface area contributed by atoms with Crippen LogP contribution >= 0.6 is 12.6 Å². The molecule has 0 aliphatic rings. The van der Waals surface area contributed by atoms with Gasteiger partial charge in [-0.15, -0.1) is 0 Å². The molecule has 0 heterocycles. The third-order valence-corrected chi connectivity index (χ3v) is 2.28. The molecule has 0 fully saturated rings. The van der Waals surface area contributed by atoms with Crippen LogP contribution < -0.4 is 0 Å². The van der Waals surface area contributed by atoms with Crippen molar-refractivity contribution >= 4 is 49.9 Å². The van der Waals surface area contributed by atoms with E-state index in [0.29, 0.717) is 0 Å². The zero-order chi connectivity index (χ0) is 4.99. The van der Waals surface area contributed by atoms with E-state index in [9.17, 15) is 4.79 Å². The number of hydrogen-bond acceptors (Lipinski definition) is 2. The van der Waals surface area contributed by atoms with Crippen molar-refractivity contribution in [3.63, 3.8) is 0 Å². The summed E-state index contributed by atoms with van der Waals surface area (Å²) in [5.74, 6) is 0. The average Bonchev–Trinajstić information content (AvgIpc) is 1.35. The van der Waals surface area contributed by atoms with Crippen LogP contribution in [0.2, 0.25) is 0 Å². The van der Waals surface area contributed by atoms with Crippen LogP contribution in [0.15, 0.2) is 0 Å². The molecule has 0 rings (SSSR count). The summed E-state index contributed by atoms with van der Waals surface area (Å²) in [4.78, 5) is 9.71. The molecular formula is CH2O2SSeTe. The Morgan fingerprint density at radius 2 is 2.50 bits per heavy atom. The van der Waals surface area contributed by atoms with Crippen LogP contribution in [0.3, 0.4) is 0 Å². The Morgan fingerprint density at radius 3 is 2.50 bits per heavy atom. The maximum absolute atomic E-state index is 9.71. The van der Waals surface area contributed by atoms with Gasteiger partial charge in [-0.1, -0.05) is 0 Å². The van der Waals surface area contributed by atoms with Crippen LogP contribution in [0.25, 0.3) is 0 Å². The van der Waals surface area contributed by atoms with Crippen molar-refractivity contribution < 1.29 is 7.90 Å². The molecule has 2 nitrogen and oxygen atoms in total. The van der Waals surface area contributed by atoms with Gasteiger partial charge in [0, 0.05) is 0 Å². The van der Waals surface area contributed by atoms with Crippen LogP contribution in [0, 0.1) is 0 Å². The number of hydrogen-bond donors (Lipinski definition) is 1. The molecule has 0 aromatic carbocycles. The molecule has 0 spiro atoms. The van der Waals surface area contributed by atoms with Gasteiger partial charge in [-0.3, -0.25) is 0 Å². The normalized spacial score (nSPS) is 7.67. The predicted octanol–water partition coefficient (Wildman–Crippen LogP) is -0.512. The molecule has 0 aromatic rings. The zero-order valence-corrected chi connectivity index (χ0v) is 7.72. The Hall–Kier alpha value is 1.13. The standard InChI is InChI=1S/CH2O2SSeTe/c2-1(4)3-6-5/h5H,(H,2,4). The van der Waals surface area contributed by atoms with E-state index in [0.717, 1.165) is 0 Å². The topological polar surface area (TPSA) is 26.3 Å². The second kappa shape index (κ2) is 4.29. The van der Waals surface area contributed by atoms with E-state index in [1.165, 1.54) is 0 Å². The SMILES string of the molecule is O=C(S)O[Te][SeH]. The minimum absolute atomic E-state index is 0.474. The van der Waals surface area contributed by atoms with Gasteiger partial charge in [-0.25, -0.2) is 0 Å². The summed E-state index contributed by atoms with van der Waals surface area (Å²) in [5.41, 5.74) is 0. The summed E-state index contributed by atoms with van der Waals surface area (Å²) in [6.45, 7) is 0. The van der Waals surface area contributed by atoms with Gasteiger partial charge < -0.3 is 0 Å². The monoisotopic (exact) mass is 288 g/mol. The van der Waals surface area contributed by atoms with E-state index in [4.69, 9.17) is 0 Å². The quantitative estimate of drug-likeness (QED) is 0.518. The average molecular weight is 285 g/mol. The summed E-state index contributed by atoms with van der Waals surface area (Å²) in [6.07, 6.45) is 0. The molecule has 0 bridgehead atoms. The predicted molar refractivity (Wildman–Crippen MR) is 28.4 cm³/mol. The van der Waals surface area contributed by atoms with Gasteiger partial charge in [0.05, 0.1) is 0 Å². The molecule has 0 aliphatic carbocycles. The third kappa shape index (κ3) is 5.13. The van der Waals surface area contributed by atoms with E-state index in [-0.39, 0.29) is 0 Å². The van der Waals surface area contributed by atoms with E-state index >= 15 is 0 Å². The Balaban J connectivity index is 2.83. The molecule has 0 atom stereocenters. The number of carbonyl (C=O) groups excluding carboxylic acids is 1. The van der Waals surface area contributed by atoms with Crippen molar-refractivity contribution in [2.45, 2.75) is 0 Å². The second-order valence-electron chi connectivity index (χ2n) is 0.424. The second-order valence-corrected chi connectivity index (χ2v) is 3.79. The van der Waals surface area contributed by atoms with Crippen LogP contribution in [0.4, 0.5) is 4.79 Å². The fourth-order valence-corrected chi connectivity index (χ4v) is 2.27. The molecule has 6 heavy (non-hydrogen) atoms. The third-order valence-electron chi connectivity index (χ3n) is 0.109. The molecule has 0 amide bonds. The van der Waals surface area contributed by atoms with Crippen LogP contribution in [-0.4, -0.2) is 37.2 Å². The first-order chi connectivity index (χ1) is 2.77.